The SMILES string of the molecule is CN(C)c1cccc2c(C#Cc3ccc(C#Cc4cccc5c(C#Cc6cc(C#Cc7cccc8c(C#Cc9ccc(C#Cc%10cccc%11c(N(C)C)cccc%10%11)cc9)cccc78)cc(C#Cc7cccc8c(C#Cc9ccc(C#Cc%10cccc%11c(N(C)C)cccc%10%11)cc9)cccc78)c6)cccc45)cc3)cccc12. The molecule has 0 saturated heterocycles. The first-order valence-corrected chi connectivity index (χ1v) is 36.7. The van der Waals surface area contributed by atoms with Crippen LogP contribution >= 0.6 is 0 Å². The third-order valence-electron chi connectivity index (χ3n) is 19.6. The number of hydrogen-bond donors (Lipinski definition) is 0. The van der Waals surface area contributed by atoms with Crippen molar-refractivity contribution in [2.24, 2.45) is 0 Å². The van der Waals surface area contributed by atoms with Crippen molar-refractivity contribution in [3.05, 3.63) is 410 Å². The third kappa shape index (κ3) is 15.6. The van der Waals surface area contributed by atoms with E-state index in [2.05, 4.69) is 400 Å². The number of hydrogen-bond acceptors (Lipinski definition) is 3. The summed E-state index contributed by atoms with van der Waals surface area (Å²) in [5.74, 6) is 62.5. The minimum absolute atomic E-state index is 0.779. The molecule has 516 valence electrons. The van der Waals surface area contributed by atoms with Crippen LogP contribution in [-0.4, -0.2) is 42.3 Å². The van der Waals surface area contributed by atoms with Gasteiger partial charge in [-0.2, -0.15) is 0 Å². The Morgan fingerprint density at radius 3 is 0.432 bits per heavy atom. The Bertz CT molecular complexity index is 6390. The minimum Gasteiger partial charge on any atom is -0.377 e. The molecule has 0 aliphatic rings. The van der Waals surface area contributed by atoms with Gasteiger partial charge in [0, 0.05) is 176 Å². The predicted octanol–water partition coefficient (Wildman–Crippen LogP) is 21.4. The Morgan fingerprint density at radius 2 is 0.270 bits per heavy atom. The van der Waals surface area contributed by atoms with E-state index in [1.54, 1.807) is 0 Å². The van der Waals surface area contributed by atoms with Crippen LogP contribution < -0.4 is 14.7 Å². The van der Waals surface area contributed by atoms with Crippen LogP contribution in [0.25, 0.3) is 64.6 Å². The molecule has 0 aliphatic heterocycles. The van der Waals surface area contributed by atoms with Gasteiger partial charge >= 0.3 is 0 Å². The molecule has 0 heterocycles. The summed E-state index contributed by atoms with van der Waals surface area (Å²) in [4.78, 5) is 6.41. The summed E-state index contributed by atoms with van der Waals surface area (Å²) < 4.78 is 0. The zero-order valence-electron chi connectivity index (χ0n) is 62.3. The first-order chi connectivity index (χ1) is 54.5. The van der Waals surface area contributed by atoms with Gasteiger partial charge in [-0.1, -0.05) is 252 Å². The summed E-state index contributed by atoms with van der Waals surface area (Å²) in [6.45, 7) is 0. The quantitative estimate of drug-likeness (QED) is 0.163. The lowest BCUT2D eigenvalue weighted by atomic mass is 9.98. The molecule has 3 nitrogen and oxygen atoms in total. The Labute approximate surface area is 650 Å². The Hall–Kier alpha value is -15.5. The highest BCUT2D eigenvalue weighted by atomic mass is 15.1. The lowest BCUT2D eigenvalue weighted by Gasteiger charge is -2.15. The van der Waals surface area contributed by atoms with Crippen molar-refractivity contribution in [3.63, 3.8) is 0 Å². The fourth-order valence-corrected chi connectivity index (χ4v) is 14.0. The molecule has 0 unspecified atom stereocenters. The van der Waals surface area contributed by atoms with E-state index in [0.717, 1.165) is 149 Å². The molecule has 16 rings (SSSR count). The van der Waals surface area contributed by atoms with Crippen LogP contribution in [0.1, 0.15) is 100 Å². The minimum atomic E-state index is 0.779. The van der Waals surface area contributed by atoms with Crippen LogP contribution in [0.5, 0.6) is 0 Å². The maximum absolute atomic E-state index is 3.56. The summed E-state index contributed by atoms with van der Waals surface area (Å²) in [7, 11) is 12.4. The highest BCUT2D eigenvalue weighted by Crippen LogP contribution is 2.32. The number of anilines is 3. The number of nitrogens with zero attached hydrogens (tertiary/aromatic N) is 3. The lowest BCUT2D eigenvalue weighted by Crippen LogP contribution is -2.08. The summed E-state index contributed by atoms with van der Waals surface area (Å²) >= 11 is 0. The van der Waals surface area contributed by atoms with E-state index >= 15 is 0 Å². The van der Waals surface area contributed by atoms with Crippen molar-refractivity contribution < 1.29 is 0 Å². The molecular weight excluding hydrogens is 1340 g/mol. The van der Waals surface area contributed by atoms with E-state index in [0.29, 0.717) is 0 Å². The van der Waals surface area contributed by atoms with Crippen LogP contribution in [0.4, 0.5) is 17.1 Å². The molecule has 0 radical (unpaired) electrons. The normalized spacial score (nSPS) is 10.3. The Morgan fingerprint density at radius 1 is 0.135 bits per heavy atom. The van der Waals surface area contributed by atoms with Crippen molar-refractivity contribution in [3.8, 4) is 107 Å². The van der Waals surface area contributed by atoms with Crippen molar-refractivity contribution >= 4 is 81.7 Å². The van der Waals surface area contributed by atoms with E-state index in [9.17, 15) is 0 Å². The van der Waals surface area contributed by atoms with E-state index in [4.69, 9.17) is 0 Å². The molecule has 111 heavy (non-hydrogen) atoms. The van der Waals surface area contributed by atoms with Gasteiger partial charge in [0.2, 0.25) is 0 Å². The largest absolute Gasteiger partial charge is 0.377 e. The molecule has 0 saturated carbocycles. The molecule has 0 amide bonds. The maximum Gasteiger partial charge on any atom is 0.0441 e. The van der Waals surface area contributed by atoms with Gasteiger partial charge in [0.25, 0.3) is 0 Å². The Kier molecular flexibility index (Phi) is 19.9. The van der Waals surface area contributed by atoms with Crippen LogP contribution in [0, 0.1) is 107 Å². The second-order valence-electron chi connectivity index (χ2n) is 27.6. The topological polar surface area (TPSA) is 9.72 Å². The standard InChI is InChI=1S/C108H69N3/c1-109(2)106-40-16-34-100-91(25-13-37-103(100)106)67-58-79-49-43-76(44-50-79)55-64-85-19-7-31-97-88(22-10-28-94(85)97)70-61-82-73-83(62-71-89-23-11-29-95-86(20-8-32-98(89)95)65-56-77-45-51-80(52-46-77)59-68-92-26-14-38-104-101(92)35-17-41-107(104)110(3)4)75-84(74-82)63-72-90-24-12-30-96-87(21-9-33-99(90)96)66-57-78-47-53-81(54-48-78)60-69-93-27-15-39-105-102(93)36-18-42-108(105)111(5)6/h7-54,73-75H,1-6H3. The molecule has 0 spiro atoms. The highest BCUT2D eigenvalue weighted by molar-refractivity contribution is 6.01. The molecule has 16 aromatic carbocycles. The second kappa shape index (κ2) is 31.7. The van der Waals surface area contributed by atoms with Crippen LogP contribution in [0.3, 0.4) is 0 Å². The summed E-state index contributed by atoms with van der Waals surface area (Å²) in [5.41, 5.74) is 19.7. The zero-order valence-corrected chi connectivity index (χ0v) is 62.3. The van der Waals surface area contributed by atoms with Crippen molar-refractivity contribution in [1.82, 2.24) is 0 Å². The number of benzene rings is 16. The second-order valence-corrected chi connectivity index (χ2v) is 27.6. The summed E-state index contributed by atoms with van der Waals surface area (Å²) in [6, 6.07) is 106. The van der Waals surface area contributed by atoms with Crippen molar-refractivity contribution in [1.29, 1.82) is 0 Å². The summed E-state index contributed by atoms with van der Waals surface area (Å²) in [5, 5.41) is 13.0. The Balaban J connectivity index is 0.689. The molecule has 0 atom stereocenters. The monoisotopic (exact) mass is 1410 g/mol. The lowest BCUT2D eigenvalue weighted by molar-refractivity contribution is 1.14. The molecule has 3 heteroatoms. The van der Waals surface area contributed by atoms with Gasteiger partial charge in [-0.05, 0) is 212 Å². The van der Waals surface area contributed by atoms with Crippen molar-refractivity contribution in [2.45, 2.75) is 0 Å². The highest BCUT2D eigenvalue weighted by Gasteiger charge is 2.12. The van der Waals surface area contributed by atoms with Gasteiger partial charge in [0.05, 0.1) is 0 Å². The van der Waals surface area contributed by atoms with Crippen molar-refractivity contribution in [2.75, 3.05) is 57.0 Å². The average Bonchev–Trinajstić information content (AvgIpc) is 0.832. The maximum atomic E-state index is 3.56. The van der Waals surface area contributed by atoms with Gasteiger partial charge in [0.1, 0.15) is 0 Å². The molecule has 16 aromatic rings. The first-order valence-electron chi connectivity index (χ1n) is 36.7. The molecule has 0 fully saturated rings. The van der Waals surface area contributed by atoms with Gasteiger partial charge in [0.15, 0.2) is 0 Å². The molecule has 0 N–H and O–H groups in total. The van der Waals surface area contributed by atoms with Gasteiger partial charge < -0.3 is 14.7 Å². The molecule has 0 aliphatic carbocycles. The molecule has 0 aromatic heterocycles. The number of fused-ring (bicyclic) bond motifs is 6. The smallest absolute Gasteiger partial charge is 0.0441 e. The fourth-order valence-electron chi connectivity index (χ4n) is 14.0. The van der Waals surface area contributed by atoms with Gasteiger partial charge in [-0.25, -0.2) is 0 Å². The van der Waals surface area contributed by atoms with E-state index in [1.807, 2.05) is 72.8 Å². The number of rotatable bonds is 3. The van der Waals surface area contributed by atoms with Crippen LogP contribution in [-0.2, 0) is 0 Å². The zero-order chi connectivity index (χ0) is 75.6. The first kappa shape index (κ1) is 69.9. The third-order valence-corrected chi connectivity index (χ3v) is 19.6. The van der Waals surface area contributed by atoms with Gasteiger partial charge in [-0.15, -0.1) is 0 Å². The van der Waals surface area contributed by atoms with E-state index < -0.39 is 0 Å². The predicted molar refractivity (Wildman–Crippen MR) is 466 cm³/mol. The molecular formula is C108H69N3. The summed E-state index contributed by atoms with van der Waals surface area (Å²) in [6.07, 6.45) is 0. The average molecular weight is 1410 g/mol. The van der Waals surface area contributed by atoms with Crippen LogP contribution in [0.15, 0.2) is 309 Å². The fraction of sp³-hybridized carbons (Fsp3) is 0.0556. The van der Waals surface area contributed by atoms with Gasteiger partial charge in [-0.3, -0.25) is 0 Å². The van der Waals surface area contributed by atoms with E-state index in [-0.39, 0.29) is 0 Å². The van der Waals surface area contributed by atoms with Crippen LogP contribution in [0.2, 0.25) is 0 Å². The van der Waals surface area contributed by atoms with E-state index in [1.165, 1.54) is 33.2 Å². The molecule has 0 bridgehead atoms.